The molecular weight excluding hydrogens is 254 g/mol. The highest BCUT2D eigenvalue weighted by Crippen LogP contribution is 2.31. The fraction of sp³-hybridized carbons (Fsp3) is 0.188. The topological polar surface area (TPSA) is 49.8 Å². The van der Waals surface area contributed by atoms with Crippen LogP contribution in [0.25, 0.3) is 0 Å². The lowest BCUT2D eigenvalue weighted by Gasteiger charge is -2.17. The maximum atomic E-state index is 10.7. The van der Waals surface area contributed by atoms with E-state index in [2.05, 4.69) is 0 Å². The molecule has 0 saturated heterocycles. The van der Waals surface area contributed by atoms with Crippen molar-refractivity contribution in [2.45, 2.75) is 6.42 Å². The van der Waals surface area contributed by atoms with Gasteiger partial charge in [0, 0.05) is 14.1 Å². The molecule has 4 heteroatoms. The number of ether oxygens (including phenoxy) is 1. The van der Waals surface area contributed by atoms with Gasteiger partial charge in [0.05, 0.1) is 12.1 Å². The SMILES string of the molecule is CN(C)c1ccccc1Oc1cccc(CC(=O)O)c1. The largest absolute Gasteiger partial charge is 0.481 e. The Labute approximate surface area is 118 Å². The molecule has 2 aromatic rings. The van der Waals surface area contributed by atoms with Crippen molar-refractivity contribution in [1.82, 2.24) is 0 Å². The molecule has 1 N–H and O–H groups in total. The summed E-state index contributed by atoms with van der Waals surface area (Å²) in [5.41, 5.74) is 1.69. The van der Waals surface area contributed by atoms with Crippen molar-refractivity contribution >= 4 is 11.7 Å². The number of carboxylic acids is 1. The van der Waals surface area contributed by atoms with Crippen molar-refractivity contribution in [3.05, 3.63) is 54.1 Å². The van der Waals surface area contributed by atoms with Crippen LogP contribution in [0.2, 0.25) is 0 Å². The summed E-state index contributed by atoms with van der Waals surface area (Å²) >= 11 is 0. The minimum absolute atomic E-state index is 0.00741. The first kappa shape index (κ1) is 13.9. The first-order chi connectivity index (χ1) is 9.56. The average molecular weight is 271 g/mol. The number of benzene rings is 2. The van der Waals surface area contributed by atoms with Crippen molar-refractivity contribution in [1.29, 1.82) is 0 Å². The van der Waals surface area contributed by atoms with Gasteiger partial charge in [-0.25, -0.2) is 0 Å². The molecular formula is C16H17NO3. The van der Waals surface area contributed by atoms with Crippen molar-refractivity contribution in [2.24, 2.45) is 0 Å². The number of aliphatic carboxylic acids is 1. The molecule has 0 aliphatic heterocycles. The molecule has 0 spiro atoms. The Hall–Kier alpha value is -2.49. The second-order valence-electron chi connectivity index (χ2n) is 4.68. The predicted molar refractivity (Wildman–Crippen MR) is 78.6 cm³/mol. The van der Waals surface area contributed by atoms with Gasteiger partial charge in [0.1, 0.15) is 5.75 Å². The van der Waals surface area contributed by atoms with Gasteiger partial charge >= 0.3 is 5.97 Å². The number of carbonyl (C=O) groups is 1. The van der Waals surface area contributed by atoms with E-state index in [4.69, 9.17) is 9.84 Å². The zero-order valence-corrected chi connectivity index (χ0v) is 11.5. The molecule has 0 radical (unpaired) electrons. The summed E-state index contributed by atoms with van der Waals surface area (Å²) in [6.07, 6.45) is -0.00741. The highest BCUT2D eigenvalue weighted by molar-refractivity contribution is 5.70. The van der Waals surface area contributed by atoms with E-state index in [1.807, 2.05) is 49.3 Å². The van der Waals surface area contributed by atoms with Crippen LogP contribution in [0.15, 0.2) is 48.5 Å². The van der Waals surface area contributed by atoms with Gasteiger partial charge in [0.2, 0.25) is 0 Å². The molecule has 0 fully saturated rings. The number of para-hydroxylation sites is 2. The van der Waals surface area contributed by atoms with Gasteiger partial charge < -0.3 is 14.7 Å². The van der Waals surface area contributed by atoms with Crippen LogP contribution in [-0.2, 0) is 11.2 Å². The third-order valence-corrected chi connectivity index (χ3v) is 2.83. The van der Waals surface area contributed by atoms with E-state index in [0.717, 1.165) is 17.0 Å². The smallest absolute Gasteiger partial charge is 0.307 e. The molecule has 0 aromatic heterocycles. The summed E-state index contributed by atoms with van der Waals surface area (Å²) in [5, 5.41) is 8.82. The number of hydrogen-bond acceptors (Lipinski definition) is 3. The minimum Gasteiger partial charge on any atom is -0.481 e. The fourth-order valence-electron chi connectivity index (χ4n) is 1.93. The maximum Gasteiger partial charge on any atom is 0.307 e. The van der Waals surface area contributed by atoms with Crippen LogP contribution in [0.1, 0.15) is 5.56 Å². The molecule has 0 heterocycles. The van der Waals surface area contributed by atoms with E-state index in [-0.39, 0.29) is 6.42 Å². The Morgan fingerprint density at radius 2 is 1.90 bits per heavy atom. The van der Waals surface area contributed by atoms with Crippen LogP contribution >= 0.6 is 0 Å². The average Bonchev–Trinajstić information content (AvgIpc) is 2.38. The van der Waals surface area contributed by atoms with Crippen LogP contribution in [0.4, 0.5) is 5.69 Å². The molecule has 0 atom stereocenters. The van der Waals surface area contributed by atoms with E-state index in [1.165, 1.54) is 0 Å². The van der Waals surface area contributed by atoms with Crippen LogP contribution in [0.3, 0.4) is 0 Å². The monoisotopic (exact) mass is 271 g/mol. The van der Waals surface area contributed by atoms with Gasteiger partial charge in [-0.3, -0.25) is 4.79 Å². The minimum atomic E-state index is -0.851. The molecule has 0 aliphatic rings. The standard InChI is InChI=1S/C16H17NO3/c1-17(2)14-8-3-4-9-15(14)20-13-7-5-6-12(10-13)11-16(18)19/h3-10H,11H2,1-2H3,(H,18,19). The number of anilines is 1. The summed E-state index contributed by atoms with van der Waals surface area (Å²) in [5.74, 6) is 0.527. The number of hydrogen-bond donors (Lipinski definition) is 1. The Morgan fingerprint density at radius 3 is 2.60 bits per heavy atom. The van der Waals surface area contributed by atoms with Crippen LogP contribution in [0.5, 0.6) is 11.5 Å². The summed E-state index contributed by atoms with van der Waals surface area (Å²) in [7, 11) is 3.89. The van der Waals surface area contributed by atoms with E-state index < -0.39 is 5.97 Å². The van der Waals surface area contributed by atoms with Gasteiger partial charge in [0.25, 0.3) is 0 Å². The summed E-state index contributed by atoms with van der Waals surface area (Å²) in [6.45, 7) is 0. The normalized spacial score (nSPS) is 10.1. The number of nitrogens with zero attached hydrogens (tertiary/aromatic N) is 1. The predicted octanol–water partition coefficient (Wildman–Crippen LogP) is 3.17. The molecule has 4 nitrogen and oxygen atoms in total. The van der Waals surface area contributed by atoms with Gasteiger partial charge in [0.15, 0.2) is 5.75 Å². The number of carboxylic acid groups (broad SMARTS) is 1. The number of rotatable bonds is 5. The van der Waals surface area contributed by atoms with Crippen LogP contribution in [0, 0.1) is 0 Å². The molecule has 104 valence electrons. The Balaban J connectivity index is 2.24. The molecule has 0 amide bonds. The molecule has 0 aliphatic carbocycles. The third-order valence-electron chi connectivity index (χ3n) is 2.83. The lowest BCUT2D eigenvalue weighted by molar-refractivity contribution is -0.136. The second-order valence-corrected chi connectivity index (χ2v) is 4.68. The molecule has 20 heavy (non-hydrogen) atoms. The van der Waals surface area contributed by atoms with Gasteiger partial charge in [-0.15, -0.1) is 0 Å². The molecule has 2 rings (SSSR count). The van der Waals surface area contributed by atoms with Crippen LogP contribution in [-0.4, -0.2) is 25.2 Å². The second kappa shape index (κ2) is 6.10. The lowest BCUT2D eigenvalue weighted by atomic mass is 10.1. The molecule has 0 saturated carbocycles. The Kier molecular flexibility index (Phi) is 4.25. The first-order valence-corrected chi connectivity index (χ1v) is 6.31. The van der Waals surface area contributed by atoms with Crippen LogP contribution < -0.4 is 9.64 Å². The third kappa shape index (κ3) is 3.51. The van der Waals surface area contributed by atoms with Crippen molar-refractivity contribution < 1.29 is 14.6 Å². The molecule has 0 unspecified atom stereocenters. The van der Waals surface area contributed by atoms with Crippen molar-refractivity contribution in [3.8, 4) is 11.5 Å². The zero-order chi connectivity index (χ0) is 14.5. The highest BCUT2D eigenvalue weighted by Gasteiger charge is 2.07. The molecule has 2 aromatic carbocycles. The highest BCUT2D eigenvalue weighted by atomic mass is 16.5. The van der Waals surface area contributed by atoms with Gasteiger partial charge in [-0.05, 0) is 29.8 Å². The van der Waals surface area contributed by atoms with E-state index >= 15 is 0 Å². The van der Waals surface area contributed by atoms with Gasteiger partial charge in [-0.2, -0.15) is 0 Å². The van der Waals surface area contributed by atoms with E-state index in [9.17, 15) is 4.79 Å². The Bertz CT molecular complexity index is 608. The zero-order valence-electron chi connectivity index (χ0n) is 11.5. The van der Waals surface area contributed by atoms with E-state index in [0.29, 0.717) is 5.75 Å². The van der Waals surface area contributed by atoms with E-state index in [1.54, 1.807) is 18.2 Å². The summed E-state index contributed by atoms with van der Waals surface area (Å²) < 4.78 is 5.86. The van der Waals surface area contributed by atoms with Crippen molar-refractivity contribution in [2.75, 3.05) is 19.0 Å². The molecule has 0 bridgehead atoms. The van der Waals surface area contributed by atoms with Crippen molar-refractivity contribution in [3.63, 3.8) is 0 Å². The first-order valence-electron chi connectivity index (χ1n) is 6.31. The summed E-state index contributed by atoms with van der Waals surface area (Å²) in [4.78, 5) is 12.7. The lowest BCUT2D eigenvalue weighted by Crippen LogP contribution is -2.09. The Morgan fingerprint density at radius 1 is 1.15 bits per heavy atom. The summed E-state index contributed by atoms with van der Waals surface area (Å²) in [6, 6.07) is 14.9. The maximum absolute atomic E-state index is 10.7. The fourth-order valence-corrected chi connectivity index (χ4v) is 1.93. The quantitative estimate of drug-likeness (QED) is 0.907. The van der Waals surface area contributed by atoms with Gasteiger partial charge in [-0.1, -0.05) is 24.3 Å².